The van der Waals surface area contributed by atoms with Gasteiger partial charge < -0.3 is 5.32 Å². The Kier molecular flexibility index (Phi) is 4.93. The lowest BCUT2D eigenvalue weighted by Gasteiger charge is -2.36. The highest BCUT2D eigenvalue weighted by molar-refractivity contribution is 7.90. The van der Waals surface area contributed by atoms with Crippen LogP contribution in [-0.4, -0.2) is 27.0 Å². The molecule has 0 aliphatic heterocycles. The van der Waals surface area contributed by atoms with E-state index in [9.17, 15) is 13.2 Å². The lowest BCUT2D eigenvalue weighted by atomic mass is 9.71. The van der Waals surface area contributed by atoms with E-state index in [1.54, 1.807) is 12.1 Å². The zero-order valence-corrected chi connectivity index (χ0v) is 16.3. The van der Waals surface area contributed by atoms with E-state index in [0.29, 0.717) is 17.8 Å². The number of anilines is 1. The number of sulfone groups is 1. The number of hydrogen-bond acceptors (Lipinski definition) is 4. The van der Waals surface area contributed by atoms with E-state index < -0.39 is 9.84 Å². The van der Waals surface area contributed by atoms with Crippen LogP contribution < -0.4 is 5.32 Å². The molecule has 0 aromatic heterocycles. The first-order valence-electron chi connectivity index (χ1n) is 8.88. The predicted molar refractivity (Wildman–Crippen MR) is 105 cm³/mol. The van der Waals surface area contributed by atoms with E-state index in [1.165, 1.54) is 30.4 Å². The number of hydrogen-bond donors (Lipinski definition) is 1. The zero-order valence-electron chi connectivity index (χ0n) is 15.5. The summed E-state index contributed by atoms with van der Waals surface area (Å²) in [5, 5.41) is 3.33. The standard InChI is InChI=1S/C21H25NO3S/c1-15(23)17-10-11-20(26(3,24)25)19(13-17)22-14-21(2)12-6-8-16-7-4-5-9-18(16)21/h4-5,7,9-11,13,22H,6,8,12,14H2,1-3H3. The molecular formula is C21H25NO3S. The number of Topliss-reactive ketones (excluding diaryl/α,β-unsaturated/α-hetero) is 1. The Balaban J connectivity index is 1.95. The van der Waals surface area contributed by atoms with Crippen molar-refractivity contribution < 1.29 is 13.2 Å². The lowest BCUT2D eigenvalue weighted by molar-refractivity contribution is 0.101. The van der Waals surface area contributed by atoms with Crippen molar-refractivity contribution in [2.45, 2.75) is 43.4 Å². The Morgan fingerprint density at radius 2 is 1.92 bits per heavy atom. The van der Waals surface area contributed by atoms with Crippen LogP contribution in [0.4, 0.5) is 5.69 Å². The quantitative estimate of drug-likeness (QED) is 0.807. The molecule has 0 saturated carbocycles. The Labute approximate surface area is 155 Å². The molecule has 0 radical (unpaired) electrons. The molecule has 0 heterocycles. The van der Waals surface area contributed by atoms with Gasteiger partial charge in [-0.3, -0.25) is 4.79 Å². The highest BCUT2D eigenvalue weighted by atomic mass is 32.2. The average Bonchev–Trinajstić information content (AvgIpc) is 2.59. The van der Waals surface area contributed by atoms with Crippen molar-refractivity contribution >= 4 is 21.3 Å². The van der Waals surface area contributed by atoms with Crippen molar-refractivity contribution in [2.75, 3.05) is 18.1 Å². The molecule has 1 atom stereocenters. The maximum Gasteiger partial charge on any atom is 0.177 e. The van der Waals surface area contributed by atoms with Crippen LogP contribution in [0.1, 0.15) is 48.2 Å². The first kappa shape index (κ1) is 18.6. The number of carbonyl (C=O) groups is 1. The number of fused-ring (bicyclic) bond motifs is 1. The average molecular weight is 372 g/mol. The van der Waals surface area contributed by atoms with E-state index in [-0.39, 0.29) is 16.1 Å². The van der Waals surface area contributed by atoms with Crippen molar-refractivity contribution in [3.63, 3.8) is 0 Å². The molecule has 0 fully saturated rings. The van der Waals surface area contributed by atoms with Gasteiger partial charge in [0.15, 0.2) is 15.6 Å². The Morgan fingerprint density at radius 1 is 1.19 bits per heavy atom. The summed E-state index contributed by atoms with van der Waals surface area (Å²) in [5.74, 6) is -0.0812. The Hall–Kier alpha value is -2.14. The minimum Gasteiger partial charge on any atom is -0.383 e. The molecule has 138 valence electrons. The molecule has 0 bridgehead atoms. The van der Waals surface area contributed by atoms with Crippen LogP contribution in [0.15, 0.2) is 47.4 Å². The van der Waals surface area contributed by atoms with Crippen LogP contribution >= 0.6 is 0 Å². The van der Waals surface area contributed by atoms with E-state index in [1.807, 2.05) is 0 Å². The molecule has 1 N–H and O–H groups in total. The van der Waals surface area contributed by atoms with Gasteiger partial charge in [0.05, 0.1) is 10.6 Å². The molecule has 2 aromatic carbocycles. The van der Waals surface area contributed by atoms with Gasteiger partial charge in [-0.1, -0.05) is 31.2 Å². The Morgan fingerprint density at radius 3 is 2.62 bits per heavy atom. The fourth-order valence-electron chi connectivity index (χ4n) is 3.82. The predicted octanol–water partition coefficient (Wildman–Crippen LogP) is 4.00. The molecular weight excluding hydrogens is 346 g/mol. The van der Waals surface area contributed by atoms with Gasteiger partial charge in [0.2, 0.25) is 0 Å². The largest absolute Gasteiger partial charge is 0.383 e. The smallest absolute Gasteiger partial charge is 0.177 e. The topological polar surface area (TPSA) is 63.2 Å². The molecule has 4 nitrogen and oxygen atoms in total. The Bertz CT molecular complexity index is 949. The minimum atomic E-state index is -3.38. The molecule has 3 rings (SSSR count). The molecule has 1 aliphatic carbocycles. The van der Waals surface area contributed by atoms with Crippen LogP contribution in [0.3, 0.4) is 0 Å². The zero-order chi connectivity index (χ0) is 18.9. The monoisotopic (exact) mass is 371 g/mol. The second-order valence-electron chi connectivity index (χ2n) is 7.46. The van der Waals surface area contributed by atoms with Gasteiger partial charge in [0, 0.05) is 23.8 Å². The fraction of sp³-hybridized carbons (Fsp3) is 0.381. The van der Waals surface area contributed by atoms with Crippen LogP contribution in [0.5, 0.6) is 0 Å². The van der Waals surface area contributed by atoms with Crippen molar-refractivity contribution in [3.05, 3.63) is 59.2 Å². The van der Waals surface area contributed by atoms with Gasteiger partial charge >= 0.3 is 0 Å². The van der Waals surface area contributed by atoms with Crippen molar-refractivity contribution in [2.24, 2.45) is 0 Å². The van der Waals surface area contributed by atoms with Crippen molar-refractivity contribution in [1.29, 1.82) is 0 Å². The number of nitrogens with one attached hydrogen (secondary N) is 1. The summed E-state index contributed by atoms with van der Waals surface area (Å²) in [6.45, 7) is 4.32. The van der Waals surface area contributed by atoms with Crippen LogP contribution in [-0.2, 0) is 21.7 Å². The third kappa shape index (κ3) is 3.68. The molecule has 1 unspecified atom stereocenters. The maximum atomic E-state index is 12.1. The van der Waals surface area contributed by atoms with Crippen LogP contribution in [0.2, 0.25) is 0 Å². The summed E-state index contributed by atoms with van der Waals surface area (Å²) in [4.78, 5) is 11.9. The number of ketones is 1. The highest BCUT2D eigenvalue weighted by Crippen LogP contribution is 2.37. The van der Waals surface area contributed by atoms with Gasteiger partial charge in [-0.05, 0) is 55.5 Å². The summed E-state index contributed by atoms with van der Waals surface area (Å²) in [5.41, 5.74) is 3.63. The van der Waals surface area contributed by atoms with E-state index in [2.05, 4.69) is 36.5 Å². The second kappa shape index (κ2) is 6.88. The first-order chi connectivity index (χ1) is 12.2. The summed E-state index contributed by atoms with van der Waals surface area (Å²) in [6, 6.07) is 13.2. The SMILES string of the molecule is CC(=O)c1ccc(S(C)(=O)=O)c(NCC2(C)CCCc3ccccc32)c1. The summed E-state index contributed by atoms with van der Waals surface area (Å²) < 4.78 is 24.3. The van der Waals surface area contributed by atoms with E-state index in [4.69, 9.17) is 0 Å². The molecule has 0 spiro atoms. The number of rotatable bonds is 5. The van der Waals surface area contributed by atoms with Crippen LogP contribution in [0, 0.1) is 0 Å². The normalized spacial score (nSPS) is 19.7. The first-order valence-corrected chi connectivity index (χ1v) is 10.8. The number of aryl methyl sites for hydroxylation is 1. The van der Waals surface area contributed by atoms with Gasteiger partial charge in [-0.2, -0.15) is 0 Å². The summed E-state index contributed by atoms with van der Waals surface area (Å²) in [7, 11) is -3.38. The summed E-state index contributed by atoms with van der Waals surface area (Å²) in [6.07, 6.45) is 4.43. The van der Waals surface area contributed by atoms with Gasteiger partial charge in [0.25, 0.3) is 0 Å². The molecule has 1 aliphatic rings. The van der Waals surface area contributed by atoms with Crippen molar-refractivity contribution in [3.8, 4) is 0 Å². The molecule has 26 heavy (non-hydrogen) atoms. The molecule has 2 aromatic rings. The number of carbonyl (C=O) groups excluding carboxylic acids is 1. The minimum absolute atomic E-state index is 0.0736. The third-order valence-electron chi connectivity index (χ3n) is 5.30. The summed E-state index contributed by atoms with van der Waals surface area (Å²) >= 11 is 0. The molecule has 0 saturated heterocycles. The number of benzene rings is 2. The fourth-order valence-corrected chi connectivity index (χ4v) is 4.66. The third-order valence-corrected chi connectivity index (χ3v) is 6.45. The highest BCUT2D eigenvalue weighted by Gasteiger charge is 2.32. The second-order valence-corrected chi connectivity index (χ2v) is 9.45. The van der Waals surface area contributed by atoms with Gasteiger partial charge in [-0.15, -0.1) is 0 Å². The van der Waals surface area contributed by atoms with E-state index in [0.717, 1.165) is 19.3 Å². The molecule has 5 heteroatoms. The van der Waals surface area contributed by atoms with Crippen molar-refractivity contribution in [1.82, 2.24) is 0 Å². The molecule has 0 amide bonds. The van der Waals surface area contributed by atoms with E-state index >= 15 is 0 Å². The van der Waals surface area contributed by atoms with Crippen LogP contribution in [0.25, 0.3) is 0 Å². The maximum absolute atomic E-state index is 12.1. The van der Waals surface area contributed by atoms with Gasteiger partial charge in [0.1, 0.15) is 0 Å². The van der Waals surface area contributed by atoms with Gasteiger partial charge in [-0.25, -0.2) is 8.42 Å². The lowest BCUT2D eigenvalue weighted by Crippen LogP contribution is -2.35.